The molecule has 1 heterocycles. The van der Waals surface area contributed by atoms with Gasteiger partial charge >= 0.3 is 0 Å². The third-order valence-electron chi connectivity index (χ3n) is 2.42. The number of hydrogen-bond acceptors (Lipinski definition) is 3. The Morgan fingerprint density at radius 3 is 2.69 bits per heavy atom. The third kappa shape index (κ3) is 2.20. The van der Waals surface area contributed by atoms with Crippen molar-refractivity contribution in [3.8, 4) is 6.07 Å². The summed E-state index contributed by atoms with van der Waals surface area (Å²) in [6.45, 7) is 2.06. The number of anilines is 1. The minimum atomic E-state index is 0.187. The van der Waals surface area contributed by atoms with Crippen LogP contribution in [-0.2, 0) is 0 Å². The van der Waals surface area contributed by atoms with Gasteiger partial charge in [-0.25, -0.2) is 0 Å². The molecule has 0 bridgehead atoms. The average Bonchev–Trinajstić information content (AvgIpc) is 2.83. The lowest BCUT2D eigenvalue weighted by Gasteiger charge is -2.13. The van der Waals surface area contributed by atoms with Gasteiger partial charge in [-0.05, 0) is 31.2 Å². The van der Waals surface area contributed by atoms with E-state index in [9.17, 15) is 0 Å². The highest BCUT2D eigenvalue weighted by Gasteiger charge is 2.05. The van der Waals surface area contributed by atoms with Crippen LogP contribution in [0.5, 0.6) is 0 Å². The molecule has 4 heteroatoms. The van der Waals surface area contributed by atoms with Crippen molar-refractivity contribution in [3.05, 3.63) is 47.8 Å². The Hall–Kier alpha value is -2.28. The quantitative estimate of drug-likeness (QED) is 0.821. The summed E-state index contributed by atoms with van der Waals surface area (Å²) >= 11 is 0. The molecule has 0 radical (unpaired) electrons. The van der Waals surface area contributed by atoms with Gasteiger partial charge in [0.1, 0.15) is 0 Å². The fourth-order valence-electron chi connectivity index (χ4n) is 1.47. The normalized spacial score (nSPS) is 11.8. The highest BCUT2D eigenvalue weighted by Crippen LogP contribution is 2.18. The number of nitrogens with zero attached hydrogens (tertiary/aromatic N) is 2. The number of aromatic amines is 1. The van der Waals surface area contributed by atoms with Crippen LogP contribution in [0.15, 0.2) is 36.7 Å². The summed E-state index contributed by atoms with van der Waals surface area (Å²) in [5, 5.41) is 18.7. The maximum atomic E-state index is 8.68. The molecule has 1 unspecified atom stereocenters. The summed E-state index contributed by atoms with van der Waals surface area (Å²) in [6.07, 6.45) is 3.66. The summed E-state index contributed by atoms with van der Waals surface area (Å²) in [7, 11) is 0. The fourth-order valence-corrected chi connectivity index (χ4v) is 1.47. The minimum Gasteiger partial charge on any atom is -0.378 e. The Morgan fingerprint density at radius 2 is 2.12 bits per heavy atom. The monoisotopic (exact) mass is 212 g/mol. The summed E-state index contributed by atoms with van der Waals surface area (Å²) in [6, 6.07) is 9.67. The van der Waals surface area contributed by atoms with Crippen LogP contribution in [-0.4, -0.2) is 10.2 Å². The zero-order chi connectivity index (χ0) is 11.4. The Morgan fingerprint density at radius 1 is 1.38 bits per heavy atom. The zero-order valence-electron chi connectivity index (χ0n) is 8.94. The first-order valence-electron chi connectivity index (χ1n) is 5.05. The molecule has 1 aromatic carbocycles. The van der Waals surface area contributed by atoms with Crippen LogP contribution in [0.2, 0.25) is 0 Å². The van der Waals surface area contributed by atoms with Crippen molar-refractivity contribution in [2.75, 3.05) is 5.32 Å². The molecule has 0 aliphatic rings. The molecule has 1 aromatic heterocycles. The molecular weight excluding hydrogens is 200 g/mol. The first-order valence-corrected chi connectivity index (χ1v) is 5.05. The van der Waals surface area contributed by atoms with Crippen molar-refractivity contribution >= 4 is 5.69 Å². The van der Waals surface area contributed by atoms with Gasteiger partial charge in [0.15, 0.2) is 0 Å². The molecule has 0 saturated carbocycles. The van der Waals surface area contributed by atoms with Crippen LogP contribution in [0.4, 0.5) is 5.69 Å². The van der Waals surface area contributed by atoms with Crippen LogP contribution in [0.3, 0.4) is 0 Å². The minimum absolute atomic E-state index is 0.187. The second-order valence-corrected chi connectivity index (χ2v) is 3.59. The largest absolute Gasteiger partial charge is 0.378 e. The average molecular weight is 212 g/mol. The molecule has 2 N–H and O–H groups in total. The van der Waals surface area contributed by atoms with Gasteiger partial charge in [-0.1, -0.05) is 0 Å². The van der Waals surface area contributed by atoms with Crippen LogP contribution in [0, 0.1) is 11.3 Å². The van der Waals surface area contributed by atoms with E-state index in [4.69, 9.17) is 5.26 Å². The molecule has 0 aliphatic carbocycles. The van der Waals surface area contributed by atoms with E-state index in [2.05, 4.69) is 28.5 Å². The Kier molecular flexibility index (Phi) is 2.88. The van der Waals surface area contributed by atoms with Crippen LogP contribution < -0.4 is 5.32 Å². The van der Waals surface area contributed by atoms with Crippen molar-refractivity contribution in [2.24, 2.45) is 0 Å². The van der Waals surface area contributed by atoms with E-state index in [0.29, 0.717) is 5.56 Å². The van der Waals surface area contributed by atoms with Gasteiger partial charge < -0.3 is 5.32 Å². The summed E-state index contributed by atoms with van der Waals surface area (Å²) < 4.78 is 0. The molecule has 0 amide bonds. The number of nitrogens with one attached hydrogen (secondary N) is 2. The molecule has 16 heavy (non-hydrogen) atoms. The molecule has 2 aromatic rings. The van der Waals surface area contributed by atoms with Gasteiger partial charge in [0, 0.05) is 17.4 Å². The Bertz CT molecular complexity index is 479. The summed E-state index contributed by atoms with van der Waals surface area (Å²) in [4.78, 5) is 0. The summed E-state index contributed by atoms with van der Waals surface area (Å²) in [5.74, 6) is 0. The highest BCUT2D eigenvalue weighted by molar-refractivity contribution is 5.48. The van der Waals surface area contributed by atoms with Crippen molar-refractivity contribution < 1.29 is 0 Å². The molecule has 0 saturated heterocycles. The van der Waals surface area contributed by atoms with Gasteiger partial charge in [0.25, 0.3) is 0 Å². The number of rotatable bonds is 3. The maximum absolute atomic E-state index is 8.68. The van der Waals surface area contributed by atoms with E-state index in [1.165, 1.54) is 0 Å². The predicted octanol–water partition coefficient (Wildman–Crippen LogP) is 2.45. The van der Waals surface area contributed by atoms with E-state index < -0.39 is 0 Å². The van der Waals surface area contributed by atoms with Crippen LogP contribution in [0.25, 0.3) is 0 Å². The van der Waals surface area contributed by atoms with E-state index in [-0.39, 0.29) is 6.04 Å². The molecule has 0 spiro atoms. The highest BCUT2D eigenvalue weighted by atomic mass is 15.1. The first-order chi connectivity index (χ1) is 7.79. The van der Waals surface area contributed by atoms with Crippen LogP contribution in [0.1, 0.15) is 24.1 Å². The molecular formula is C12H12N4. The van der Waals surface area contributed by atoms with Crippen LogP contribution >= 0.6 is 0 Å². The zero-order valence-corrected chi connectivity index (χ0v) is 8.94. The van der Waals surface area contributed by atoms with E-state index >= 15 is 0 Å². The molecule has 4 nitrogen and oxygen atoms in total. The Balaban J connectivity index is 2.07. The number of H-pyrrole nitrogens is 1. The molecule has 2 rings (SSSR count). The lowest BCUT2D eigenvalue weighted by molar-refractivity contribution is 0.886. The number of nitriles is 1. The van der Waals surface area contributed by atoms with Crippen molar-refractivity contribution in [3.63, 3.8) is 0 Å². The summed E-state index contributed by atoms with van der Waals surface area (Å²) in [5.41, 5.74) is 2.76. The second kappa shape index (κ2) is 4.49. The predicted molar refractivity (Wildman–Crippen MR) is 61.8 cm³/mol. The van der Waals surface area contributed by atoms with E-state index in [1.54, 1.807) is 18.3 Å². The molecule has 1 atom stereocenters. The van der Waals surface area contributed by atoms with E-state index in [0.717, 1.165) is 11.3 Å². The lowest BCUT2D eigenvalue weighted by Crippen LogP contribution is -2.05. The number of aromatic nitrogens is 2. The topological polar surface area (TPSA) is 64.5 Å². The van der Waals surface area contributed by atoms with Gasteiger partial charge in [0.05, 0.1) is 23.9 Å². The molecule has 80 valence electrons. The number of hydrogen-bond donors (Lipinski definition) is 2. The lowest BCUT2D eigenvalue weighted by atomic mass is 10.1. The standard InChI is InChI=1S/C12H12N4/c1-9(11-7-14-15-8-11)16-12-4-2-10(6-13)3-5-12/h2-5,7-9,16H,1H3,(H,14,15). The van der Waals surface area contributed by atoms with Crippen molar-refractivity contribution in [1.82, 2.24) is 10.2 Å². The SMILES string of the molecule is CC(Nc1ccc(C#N)cc1)c1cn[nH]c1. The fraction of sp³-hybridized carbons (Fsp3) is 0.167. The Labute approximate surface area is 93.9 Å². The van der Waals surface area contributed by atoms with Gasteiger partial charge in [-0.2, -0.15) is 10.4 Å². The van der Waals surface area contributed by atoms with Crippen molar-refractivity contribution in [1.29, 1.82) is 5.26 Å². The molecule has 0 fully saturated rings. The first kappa shape index (κ1) is 10.2. The molecule has 0 aliphatic heterocycles. The van der Waals surface area contributed by atoms with Gasteiger partial charge in [-0.3, -0.25) is 5.10 Å². The van der Waals surface area contributed by atoms with Crippen molar-refractivity contribution in [2.45, 2.75) is 13.0 Å². The van der Waals surface area contributed by atoms with Gasteiger partial charge in [-0.15, -0.1) is 0 Å². The second-order valence-electron chi connectivity index (χ2n) is 3.59. The van der Waals surface area contributed by atoms with E-state index in [1.807, 2.05) is 18.3 Å². The number of benzene rings is 1. The third-order valence-corrected chi connectivity index (χ3v) is 2.42. The van der Waals surface area contributed by atoms with Gasteiger partial charge in [0.2, 0.25) is 0 Å². The maximum Gasteiger partial charge on any atom is 0.0991 e. The smallest absolute Gasteiger partial charge is 0.0991 e.